The SMILES string of the molecule is CCCC1CCC(=O)C(CN2CCCC(N(C)C)C2)C1. The van der Waals surface area contributed by atoms with Crippen molar-refractivity contribution in [3.8, 4) is 0 Å². The molecule has 3 atom stereocenters. The Balaban J connectivity index is 1.85. The highest BCUT2D eigenvalue weighted by molar-refractivity contribution is 5.81. The predicted molar refractivity (Wildman–Crippen MR) is 83.9 cm³/mol. The van der Waals surface area contributed by atoms with Crippen LogP contribution in [0.15, 0.2) is 0 Å². The quantitative estimate of drug-likeness (QED) is 0.773. The lowest BCUT2D eigenvalue weighted by Gasteiger charge is -2.39. The van der Waals surface area contributed by atoms with Gasteiger partial charge in [-0.3, -0.25) is 4.79 Å². The molecule has 116 valence electrons. The van der Waals surface area contributed by atoms with Gasteiger partial charge < -0.3 is 9.80 Å². The van der Waals surface area contributed by atoms with Crippen LogP contribution in [0.4, 0.5) is 0 Å². The highest BCUT2D eigenvalue weighted by Gasteiger charge is 2.31. The minimum Gasteiger partial charge on any atom is -0.305 e. The van der Waals surface area contributed by atoms with Gasteiger partial charge in [0.25, 0.3) is 0 Å². The average molecular weight is 280 g/mol. The molecule has 0 aromatic rings. The van der Waals surface area contributed by atoms with E-state index in [-0.39, 0.29) is 0 Å². The highest BCUT2D eigenvalue weighted by Crippen LogP contribution is 2.30. The molecule has 2 fully saturated rings. The number of Topliss-reactive ketones (excluding diaryl/α,β-unsaturated/α-hetero) is 1. The van der Waals surface area contributed by atoms with E-state index in [4.69, 9.17) is 0 Å². The molecule has 3 nitrogen and oxygen atoms in total. The monoisotopic (exact) mass is 280 g/mol. The van der Waals surface area contributed by atoms with Gasteiger partial charge in [-0.2, -0.15) is 0 Å². The molecule has 1 saturated heterocycles. The zero-order valence-electron chi connectivity index (χ0n) is 13.6. The topological polar surface area (TPSA) is 23.6 Å². The van der Waals surface area contributed by atoms with Crippen LogP contribution in [0.25, 0.3) is 0 Å². The van der Waals surface area contributed by atoms with E-state index in [1.54, 1.807) is 0 Å². The Morgan fingerprint density at radius 3 is 2.80 bits per heavy atom. The first kappa shape index (κ1) is 16.0. The molecular weight excluding hydrogens is 248 g/mol. The molecular formula is C17H32N2O. The van der Waals surface area contributed by atoms with Crippen molar-refractivity contribution in [2.24, 2.45) is 11.8 Å². The smallest absolute Gasteiger partial charge is 0.137 e. The first-order chi connectivity index (χ1) is 9.60. The van der Waals surface area contributed by atoms with Crippen molar-refractivity contribution in [2.45, 2.75) is 57.9 Å². The van der Waals surface area contributed by atoms with Crippen LogP contribution in [-0.2, 0) is 4.79 Å². The number of piperidine rings is 1. The van der Waals surface area contributed by atoms with Crippen LogP contribution in [0.1, 0.15) is 51.9 Å². The molecule has 20 heavy (non-hydrogen) atoms. The van der Waals surface area contributed by atoms with Crippen molar-refractivity contribution in [1.82, 2.24) is 9.80 Å². The molecule has 0 N–H and O–H groups in total. The summed E-state index contributed by atoms with van der Waals surface area (Å²) in [7, 11) is 4.36. The number of likely N-dealkylation sites (N-methyl/N-ethyl adjacent to an activating group) is 1. The second kappa shape index (κ2) is 7.56. The second-order valence-corrected chi connectivity index (χ2v) is 7.11. The van der Waals surface area contributed by atoms with Crippen molar-refractivity contribution in [1.29, 1.82) is 0 Å². The number of likely N-dealkylation sites (tertiary alicyclic amines) is 1. The van der Waals surface area contributed by atoms with Gasteiger partial charge in [-0.1, -0.05) is 19.8 Å². The summed E-state index contributed by atoms with van der Waals surface area (Å²) >= 11 is 0. The summed E-state index contributed by atoms with van der Waals surface area (Å²) in [6.45, 7) is 5.61. The van der Waals surface area contributed by atoms with Gasteiger partial charge >= 0.3 is 0 Å². The fraction of sp³-hybridized carbons (Fsp3) is 0.941. The maximum absolute atomic E-state index is 12.2. The highest BCUT2D eigenvalue weighted by atomic mass is 16.1. The van der Waals surface area contributed by atoms with Gasteiger partial charge in [0.1, 0.15) is 5.78 Å². The van der Waals surface area contributed by atoms with E-state index >= 15 is 0 Å². The van der Waals surface area contributed by atoms with Crippen molar-refractivity contribution in [2.75, 3.05) is 33.7 Å². The summed E-state index contributed by atoms with van der Waals surface area (Å²) in [4.78, 5) is 17.1. The molecule has 3 heteroatoms. The summed E-state index contributed by atoms with van der Waals surface area (Å²) in [6.07, 6.45) is 8.28. The minimum absolute atomic E-state index is 0.321. The summed E-state index contributed by atoms with van der Waals surface area (Å²) in [5, 5.41) is 0. The Labute approximate surface area is 124 Å². The van der Waals surface area contributed by atoms with E-state index in [1.165, 1.54) is 32.2 Å². The van der Waals surface area contributed by atoms with E-state index in [0.717, 1.165) is 38.3 Å². The Morgan fingerprint density at radius 2 is 2.10 bits per heavy atom. The predicted octanol–water partition coefficient (Wildman–Crippen LogP) is 2.80. The molecule has 1 saturated carbocycles. The molecule has 2 aliphatic rings. The lowest BCUT2D eigenvalue weighted by atomic mass is 9.78. The fourth-order valence-electron chi connectivity index (χ4n) is 3.98. The van der Waals surface area contributed by atoms with Crippen molar-refractivity contribution >= 4 is 5.78 Å². The van der Waals surface area contributed by atoms with Gasteiger partial charge in [-0.25, -0.2) is 0 Å². The third kappa shape index (κ3) is 4.29. The average Bonchev–Trinajstić information content (AvgIpc) is 2.43. The molecule has 0 aromatic carbocycles. The Kier molecular flexibility index (Phi) is 6.03. The van der Waals surface area contributed by atoms with E-state index in [0.29, 0.717) is 17.7 Å². The van der Waals surface area contributed by atoms with Crippen LogP contribution in [0.3, 0.4) is 0 Å². The third-order valence-corrected chi connectivity index (χ3v) is 5.26. The second-order valence-electron chi connectivity index (χ2n) is 7.11. The van der Waals surface area contributed by atoms with Gasteiger partial charge in [-0.15, -0.1) is 0 Å². The van der Waals surface area contributed by atoms with Gasteiger partial charge in [0.05, 0.1) is 0 Å². The van der Waals surface area contributed by atoms with Crippen LogP contribution >= 0.6 is 0 Å². The number of ketones is 1. The molecule has 0 spiro atoms. The standard InChI is InChI=1S/C17H32N2O/c1-4-6-14-8-9-17(20)15(11-14)12-19-10-5-7-16(13-19)18(2)3/h14-16H,4-13H2,1-3H3. The number of nitrogens with zero attached hydrogens (tertiary/aromatic N) is 2. The van der Waals surface area contributed by atoms with Crippen LogP contribution in [0.5, 0.6) is 0 Å². The maximum Gasteiger partial charge on any atom is 0.137 e. The zero-order chi connectivity index (χ0) is 14.5. The minimum atomic E-state index is 0.321. The Hall–Kier alpha value is -0.410. The summed E-state index contributed by atoms with van der Waals surface area (Å²) < 4.78 is 0. The Bertz CT molecular complexity index is 316. The van der Waals surface area contributed by atoms with Gasteiger partial charge in [0, 0.05) is 31.5 Å². The first-order valence-electron chi connectivity index (χ1n) is 8.51. The molecule has 0 bridgehead atoms. The van der Waals surface area contributed by atoms with E-state index in [1.807, 2.05) is 0 Å². The van der Waals surface area contributed by atoms with E-state index < -0.39 is 0 Å². The molecule has 3 unspecified atom stereocenters. The molecule has 0 amide bonds. The first-order valence-corrected chi connectivity index (χ1v) is 8.51. The lowest BCUT2D eigenvalue weighted by molar-refractivity contribution is -0.126. The molecule has 1 aliphatic heterocycles. The van der Waals surface area contributed by atoms with Crippen LogP contribution in [-0.4, -0.2) is 55.4 Å². The maximum atomic E-state index is 12.2. The molecule has 2 rings (SSSR count). The molecule has 1 aliphatic carbocycles. The van der Waals surface area contributed by atoms with Crippen molar-refractivity contribution in [3.05, 3.63) is 0 Å². The van der Waals surface area contributed by atoms with Crippen LogP contribution < -0.4 is 0 Å². The van der Waals surface area contributed by atoms with Crippen molar-refractivity contribution in [3.63, 3.8) is 0 Å². The zero-order valence-corrected chi connectivity index (χ0v) is 13.6. The lowest BCUT2D eigenvalue weighted by Crippen LogP contribution is -2.47. The number of rotatable bonds is 5. The van der Waals surface area contributed by atoms with Crippen LogP contribution in [0.2, 0.25) is 0 Å². The van der Waals surface area contributed by atoms with Crippen LogP contribution in [0, 0.1) is 11.8 Å². The molecule has 0 radical (unpaired) electrons. The summed E-state index contributed by atoms with van der Waals surface area (Å²) in [5.74, 6) is 1.66. The van der Waals surface area contributed by atoms with E-state index in [2.05, 4.69) is 30.8 Å². The summed E-state index contributed by atoms with van der Waals surface area (Å²) in [6, 6.07) is 0.675. The molecule has 0 aromatic heterocycles. The normalized spacial score (nSPS) is 32.8. The van der Waals surface area contributed by atoms with Crippen molar-refractivity contribution < 1.29 is 4.79 Å². The third-order valence-electron chi connectivity index (χ3n) is 5.26. The fourth-order valence-corrected chi connectivity index (χ4v) is 3.98. The molecule has 1 heterocycles. The number of hydrogen-bond donors (Lipinski definition) is 0. The number of carbonyl (C=O) groups is 1. The Morgan fingerprint density at radius 1 is 1.30 bits per heavy atom. The van der Waals surface area contributed by atoms with Gasteiger partial charge in [0.2, 0.25) is 0 Å². The number of carbonyl (C=O) groups excluding carboxylic acids is 1. The van der Waals surface area contributed by atoms with Gasteiger partial charge in [-0.05, 0) is 52.2 Å². The largest absolute Gasteiger partial charge is 0.305 e. The summed E-state index contributed by atoms with van der Waals surface area (Å²) in [5.41, 5.74) is 0. The van der Waals surface area contributed by atoms with Gasteiger partial charge in [0.15, 0.2) is 0 Å². The number of hydrogen-bond acceptors (Lipinski definition) is 3. The van der Waals surface area contributed by atoms with E-state index in [9.17, 15) is 4.79 Å².